The summed E-state index contributed by atoms with van der Waals surface area (Å²) in [5.74, 6) is -1.84. The van der Waals surface area contributed by atoms with Gasteiger partial charge in [0, 0.05) is 55.7 Å². The monoisotopic (exact) mass is 853 g/mol. The molecule has 0 aliphatic carbocycles. The highest BCUT2D eigenvalue weighted by molar-refractivity contribution is 5.97. The van der Waals surface area contributed by atoms with E-state index in [2.05, 4.69) is 28.2 Å². The molecule has 5 amide bonds. The van der Waals surface area contributed by atoms with Gasteiger partial charge in [0.2, 0.25) is 23.6 Å². The number of nitrogens with two attached hydrogens (primary N) is 3. The number of hydrogen-bond donors (Lipinski definition) is 7. The van der Waals surface area contributed by atoms with Crippen LogP contribution < -0.4 is 47.9 Å². The zero-order valence-corrected chi connectivity index (χ0v) is 36.4. The minimum Gasteiger partial charge on any atom is -0.492 e. The van der Waals surface area contributed by atoms with Gasteiger partial charge in [-0.3, -0.25) is 24.0 Å². The number of benzene rings is 3. The van der Waals surface area contributed by atoms with E-state index in [0.717, 1.165) is 30.4 Å². The van der Waals surface area contributed by atoms with Crippen LogP contribution in [0.1, 0.15) is 91.0 Å². The van der Waals surface area contributed by atoms with Crippen molar-refractivity contribution in [1.29, 1.82) is 5.26 Å². The highest BCUT2D eigenvalue weighted by Gasteiger charge is 2.34. The molecular formula is C46H63N9O7. The molecule has 0 spiro atoms. The average molecular weight is 854 g/mol. The van der Waals surface area contributed by atoms with Crippen molar-refractivity contribution < 1.29 is 33.4 Å². The largest absolute Gasteiger partial charge is 0.492 e. The van der Waals surface area contributed by atoms with Gasteiger partial charge in [0.05, 0.1) is 6.07 Å². The Bertz CT molecular complexity index is 2070. The molecule has 334 valence electrons. The van der Waals surface area contributed by atoms with Crippen LogP contribution in [0.4, 0.5) is 0 Å². The number of amides is 5. The second-order valence-electron chi connectivity index (χ2n) is 15.6. The molecule has 0 unspecified atom stereocenters. The van der Waals surface area contributed by atoms with E-state index >= 15 is 0 Å². The van der Waals surface area contributed by atoms with E-state index in [0.29, 0.717) is 65.1 Å². The van der Waals surface area contributed by atoms with E-state index in [1.807, 2.05) is 31.2 Å². The van der Waals surface area contributed by atoms with E-state index in [-0.39, 0.29) is 51.6 Å². The lowest BCUT2D eigenvalue weighted by Gasteiger charge is -2.31. The van der Waals surface area contributed by atoms with E-state index < -0.39 is 47.8 Å². The molecule has 4 atom stereocenters. The summed E-state index contributed by atoms with van der Waals surface area (Å²) in [6.07, 6.45) is 4.72. The van der Waals surface area contributed by atoms with E-state index in [4.69, 9.17) is 31.9 Å². The number of nitrogens with one attached hydrogen (secondary N) is 4. The first-order chi connectivity index (χ1) is 29.8. The molecule has 62 heavy (non-hydrogen) atoms. The Kier molecular flexibility index (Phi) is 19.2. The number of likely N-dealkylation sites (N-methyl/N-ethyl adjacent to an activating group) is 1. The molecule has 0 radical (unpaired) electrons. The van der Waals surface area contributed by atoms with Crippen molar-refractivity contribution in [2.75, 3.05) is 46.4 Å². The lowest BCUT2D eigenvalue weighted by molar-refractivity contribution is -0.140. The second-order valence-corrected chi connectivity index (χ2v) is 15.6. The molecule has 0 aromatic heterocycles. The zero-order chi connectivity index (χ0) is 45.2. The molecule has 3 aromatic carbocycles. The van der Waals surface area contributed by atoms with Crippen LogP contribution in [0.3, 0.4) is 0 Å². The summed E-state index contributed by atoms with van der Waals surface area (Å²) in [6.45, 7) is 6.43. The maximum Gasteiger partial charge on any atom is 0.251 e. The first kappa shape index (κ1) is 48.6. The SMILES string of the molecule is CCCCc1ccc(C(=O)N[C@@H](CCCCN)CC(=O)N(C)[C@@H]2C(=O)N[C@@H](C)C(=O)N[C@H](C(=O)NCC#N)Cc3ccc(OCCN)c(c3)-c3cc2ccc3OCCN)c(C)c1. The van der Waals surface area contributed by atoms with Crippen molar-refractivity contribution in [1.82, 2.24) is 26.2 Å². The van der Waals surface area contributed by atoms with Crippen molar-refractivity contribution in [2.24, 2.45) is 17.2 Å². The third kappa shape index (κ3) is 13.5. The second kappa shape index (κ2) is 24.4. The quantitative estimate of drug-likeness (QED) is 0.0643. The summed E-state index contributed by atoms with van der Waals surface area (Å²) in [7, 11) is 1.50. The van der Waals surface area contributed by atoms with Gasteiger partial charge in [-0.2, -0.15) is 5.26 Å². The number of fused-ring (bicyclic) bond motifs is 5. The van der Waals surface area contributed by atoms with Gasteiger partial charge < -0.3 is 52.8 Å². The number of hydrogen-bond acceptors (Lipinski definition) is 11. The van der Waals surface area contributed by atoms with Gasteiger partial charge in [0.15, 0.2) is 0 Å². The van der Waals surface area contributed by atoms with Crippen LogP contribution in [0.5, 0.6) is 11.5 Å². The van der Waals surface area contributed by atoms with Crippen LogP contribution in [-0.4, -0.2) is 99.0 Å². The molecule has 1 aliphatic heterocycles. The van der Waals surface area contributed by atoms with Gasteiger partial charge >= 0.3 is 0 Å². The van der Waals surface area contributed by atoms with Gasteiger partial charge in [-0.1, -0.05) is 44.0 Å². The topological polar surface area (TPSA) is 257 Å². The molecule has 0 fully saturated rings. The fourth-order valence-electron chi connectivity index (χ4n) is 7.37. The first-order valence-electron chi connectivity index (χ1n) is 21.4. The fraction of sp³-hybridized carbons (Fsp3) is 0.478. The zero-order valence-electron chi connectivity index (χ0n) is 36.4. The number of ether oxygens (including phenoxy) is 2. The molecule has 4 bridgehead atoms. The van der Waals surface area contributed by atoms with Crippen LogP contribution in [0, 0.1) is 18.3 Å². The van der Waals surface area contributed by atoms with E-state index in [1.54, 1.807) is 36.4 Å². The molecule has 3 aromatic rings. The summed E-state index contributed by atoms with van der Waals surface area (Å²) in [6, 6.07) is 13.9. The molecule has 1 heterocycles. The minimum absolute atomic E-state index is 0.0270. The molecule has 16 heteroatoms. The Labute approximate surface area is 364 Å². The third-order valence-electron chi connectivity index (χ3n) is 10.7. The molecule has 16 nitrogen and oxygen atoms in total. The van der Waals surface area contributed by atoms with Gasteiger partial charge in [-0.05, 0) is 98.7 Å². The Morgan fingerprint density at radius 2 is 1.60 bits per heavy atom. The van der Waals surface area contributed by atoms with Crippen molar-refractivity contribution in [2.45, 2.75) is 96.3 Å². The number of nitriles is 1. The highest BCUT2D eigenvalue weighted by Crippen LogP contribution is 2.40. The summed E-state index contributed by atoms with van der Waals surface area (Å²) in [4.78, 5) is 71.0. The fourth-order valence-corrected chi connectivity index (χ4v) is 7.37. The lowest BCUT2D eigenvalue weighted by Crippen LogP contribution is -2.55. The average Bonchev–Trinajstić information content (AvgIpc) is 3.25. The number of nitrogens with zero attached hydrogens (tertiary/aromatic N) is 2. The van der Waals surface area contributed by atoms with Crippen molar-refractivity contribution in [3.8, 4) is 28.7 Å². The minimum atomic E-state index is -1.28. The maximum absolute atomic E-state index is 14.5. The van der Waals surface area contributed by atoms with Crippen LogP contribution in [0.2, 0.25) is 0 Å². The van der Waals surface area contributed by atoms with Crippen molar-refractivity contribution in [3.63, 3.8) is 0 Å². The third-order valence-corrected chi connectivity index (χ3v) is 10.7. The number of carbonyl (C=O) groups excluding carboxylic acids is 5. The van der Waals surface area contributed by atoms with Crippen molar-refractivity contribution in [3.05, 3.63) is 82.4 Å². The molecular weight excluding hydrogens is 791 g/mol. The molecule has 1 aliphatic rings. The Balaban J connectivity index is 1.80. The Morgan fingerprint density at radius 3 is 2.24 bits per heavy atom. The molecule has 0 saturated heterocycles. The summed E-state index contributed by atoms with van der Waals surface area (Å²) < 4.78 is 12.2. The van der Waals surface area contributed by atoms with E-state index in [1.165, 1.54) is 18.9 Å². The van der Waals surface area contributed by atoms with Gasteiger partial charge in [0.25, 0.3) is 5.91 Å². The summed E-state index contributed by atoms with van der Waals surface area (Å²) >= 11 is 0. The number of aryl methyl sites for hydroxylation is 2. The maximum atomic E-state index is 14.5. The van der Waals surface area contributed by atoms with Gasteiger partial charge in [-0.15, -0.1) is 0 Å². The van der Waals surface area contributed by atoms with Crippen molar-refractivity contribution >= 4 is 29.5 Å². The predicted octanol–water partition coefficient (Wildman–Crippen LogP) is 2.68. The van der Waals surface area contributed by atoms with Gasteiger partial charge in [-0.25, -0.2) is 0 Å². The summed E-state index contributed by atoms with van der Waals surface area (Å²) in [5, 5.41) is 20.2. The van der Waals surface area contributed by atoms with Gasteiger partial charge in [0.1, 0.15) is 49.4 Å². The number of rotatable bonds is 20. The van der Waals surface area contributed by atoms with Crippen LogP contribution >= 0.6 is 0 Å². The van der Waals surface area contributed by atoms with Crippen LogP contribution in [0.25, 0.3) is 11.1 Å². The predicted molar refractivity (Wildman–Crippen MR) is 237 cm³/mol. The highest BCUT2D eigenvalue weighted by atomic mass is 16.5. The molecule has 0 saturated carbocycles. The van der Waals surface area contributed by atoms with Crippen LogP contribution in [-0.2, 0) is 32.0 Å². The lowest BCUT2D eigenvalue weighted by atomic mass is 9.93. The van der Waals surface area contributed by atoms with E-state index in [9.17, 15) is 24.0 Å². The Morgan fingerprint density at radius 1 is 0.903 bits per heavy atom. The van der Waals surface area contributed by atoms with Crippen LogP contribution in [0.15, 0.2) is 54.6 Å². The standard InChI is InChI=1S/C46H63N9O7/c1-5-6-9-31-11-14-35(29(2)24-31)44(58)53-34(10-7-8-17-47)28-41(56)55(4)42-33-13-16-40(62-23-20-50)37(27-33)36-25-32(12-15-39(36)61-22-19-49)26-38(45(59)51-21-18-48)54-43(57)30(3)52-46(42)60/h11-16,24-25,27,30,34,38,42H,5-10,17,19-23,26,28,47,49-50H2,1-4H3,(H,51,59)(H,52,60)(H,53,58)(H,54,57)/t30-,34-,38-,42-/m0/s1. The Hall–Kier alpha value is -6.02. The number of carbonyl (C=O) groups is 5. The number of unbranched alkanes of at least 4 members (excludes halogenated alkanes) is 2. The molecule has 4 rings (SSSR count). The first-order valence-corrected chi connectivity index (χ1v) is 21.4. The summed E-state index contributed by atoms with van der Waals surface area (Å²) in [5.41, 5.74) is 22.0. The molecule has 10 N–H and O–H groups in total. The normalized spacial score (nSPS) is 16.7. The smallest absolute Gasteiger partial charge is 0.251 e.